The number of benzene rings is 2. The van der Waals surface area contributed by atoms with E-state index in [1.165, 1.54) is 12.1 Å². The minimum Gasteiger partial charge on any atom is -0.508 e. The van der Waals surface area contributed by atoms with Crippen LogP contribution in [0.25, 0.3) is 11.5 Å². The van der Waals surface area contributed by atoms with Crippen LogP contribution >= 0.6 is 0 Å². The summed E-state index contributed by atoms with van der Waals surface area (Å²) in [6, 6.07) is 16.7. The number of aromatic nitrogens is 2. The zero-order valence-electron chi connectivity index (χ0n) is 15.8. The van der Waals surface area contributed by atoms with Crippen LogP contribution in [0.1, 0.15) is 17.2 Å². The number of nitro groups is 1. The standard InChI is InChI=1S/C21H18N4O5/c26-19-6-2-1-4-16(19)12-24(13-18-5-3-11-29-18)14-20-22-23-21(30-20)15-7-9-17(10-8-15)25(27)28/h1-11,26H,12-14H2. The van der Waals surface area contributed by atoms with E-state index in [1.807, 2.05) is 29.2 Å². The van der Waals surface area contributed by atoms with E-state index < -0.39 is 4.92 Å². The monoisotopic (exact) mass is 406 g/mol. The molecule has 0 saturated heterocycles. The Morgan fingerprint density at radius 1 is 0.967 bits per heavy atom. The molecule has 0 aliphatic rings. The van der Waals surface area contributed by atoms with E-state index in [1.54, 1.807) is 30.5 Å². The molecule has 4 rings (SSSR count). The first-order valence-electron chi connectivity index (χ1n) is 9.17. The first-order chi connectivity index (χ1) is 14.6. The van der Waals surface area contributed by atoms with Gasteiger partial charge < -0.3 is 13.9 Å². The normalized spacial score (nSPS) is 11.1. The van der Waals surface area contributed by atoms with Crippen LogP contribution in [0.3, 0.4) is 0 Å². The summed E-state index contributed by atoms with van der Waals surface area (Å²) in [4.78, 5) is 12.3. The number of non-ortho nitro benzene ring substituents is 1. The third-order valence-corrected chi connectivity index (χ3v) is 4.50. The molecule has 2 aromatic carbocycles. The van der Waals surface area contributed by atoms with Crippen molar-refractivity contribution in [3.05, 3.63) is 94.3 Å². The summed E-state index contributed by atoms with van der Waals surface area (Å²) < 4.78 is 11.2. The van der Waals surface area contributed by atoms with Crippen molar-refractivity contribution in [1.29, 1.82) is 0 Å². The van der Waals surface area contributed by atoms with Gasteiger partial charge in [-0.3, -0.25) is 15.0 Å². The van der Waals surface area contributed by atoms with Gasteiger partial charge in [0.25, 0.3) is 5.69 Å². The van der Waals surface area contributed by atoms with Crippen LogP contribution < -0.4 is 0 Å². The highest BCUT2D eigenvalue weighted by molar-refractivity contribution is 5.55. The number of nitrogens with zero attached hydrogens (tertiary/aromatic N) is 4. The number of rotatable bonds is 8. The lowest BCUT2D eigenvalue weighted by molar-refractivity contribution is -0.384. The summed E-state index contributed by atoms with van der Waals surface area (Å²) in [6.07, 6.45) is 1.60. The highest BCUT2D eigenvalue weighted by atomic mass is 16.6. The number of hydrogen-bond acceptors (Lipinski definition) is 8. The van der Waals surface area contributed by atoms with Crippen LogP contribution in [-0.4, -0.2) is 25.1 Å². The number of nitro benzene ring substituents is 1. The first kappa shape index (κ1) is 19.3. The van der Waals surface area contributed by atoms with Crippen molar-refractivity contribution in [2.24, 2.45) is 0 Å². The van der Waals surface area contributed by atoms with Gasteiger partial charge in [-0.2, -0.15) is 0 Å². The summed E-state index contributed by atoms with van der Waals surface area (Å²) in [7, 11) is 0. The molecule has 0 aliphatic carbocycles. The summed E-state index contributed by atoms with van der Waals surface area (Å²) in [6.45, 7) is 1.26. The fraction of sp³-hybridized carbons (Fsp3) is 0.143. The molecule has 0 atom stereocenters. The molecule has 2 aromatic heterocycles. The SMILES string of the molecule is O=[N+]([O-])c1ccc(-c2nnc(CN(Cc3ccco3)Cc3ccccc3O)o2)cc1. The minimum absolute atomic E-state index is 0.00854. The molecule has 0 aliphatic heterocycles. The van der Waals surface area contributed by atoms with Gasteiger partial charge in [-0.1, -0.05) is 18.2 Å². The second-order valence-electron chi connectivity index (χ2n) is 6.66. The second-order valence-corrected chi connectivity index (χ2v) is 6.66. The van der Waals surface area contributed by atoms with E-state index in [0.717, 1.165) is 11.3 Å². The Hall–Kier alpha value is -3.98. The minimum atomic E-state index is -0.464. The number of hydrogen-bond donors (Lipinski definition) is 1. The number of phenols is 1. The van der Waals surface area contributed by atoms with Crippen LogP contribution in [0.15, 0.2) is 75.8 Å². The van der Waals surface area contributed by atoms with Crippen molar-refractivity contribution in [3.8, 4) is 17.2 Å². The summed E-state index contributed by atoms with van der Waals surface area (Å²) in [5.41, 5.74) is 1.35. The van der Waals surface area contributed by atoms with Crippen LogP contribution in [0.2, 0.25) is 0 Å². The van der Waals surface area contributed by atoms with Crippen LogP contribution in [0, 0.1) is 10.1 Å². The third kappa shape index (κ3) is 4.53. The molecule has 0 radical (unpaired) electrons. The number of phenolic OH excluding ortho intramolecular Hbond substituents is 1. The molecule has 4 aromatic rings. The Morgan fingerprint density at radius 2 is 1.77 bits per heavy atom. The van der Waals surface area contributed by atoms with E-state index in [4.69, 9.17) is 8.83 Å². The second kappa shape index (κ2) is 8.58. The van der Waals surface area contributed by atoms with Gasteiger partial charge in [0.05, 0.1) is 24.3 Å². The van der Waals surface area contributed by atoms with Crippen molar-refractivity contribution in [2.75, 3.05) is 0 Å². The molecule has 1 N–H and O–H groups in total. The number of furan rings is 1. The Bertz CT molecular complexity index is 1120. The molecule has 0 spiro atoms. The van der Waals surface area contributed by atoms with Gasteiger partial charge >= 0.3 is 0 Å². The van der Waals surface area contributed by atoms with Gasteiger partial charge in [0.15, 0.2) is 0 Å². The first-order valence-corrected chi connectivity index (χ1v) is 9.17. The summed E-state index contributed by atoms with van der Waals surface area (Å²) >= 11 is 0. The Labute approximate surface area is 171 Å². The number of aromatic hydroxyl groups is 1. The van der Waals surface area contributed by atoms with Gasteiger partial charge in [-0.25, -0.2) is 0 Å². The summed E-state index contributed by atoms with van der Waals surface area (Å²) in [5.74, 6) is 1.63. The van der Waals surface area contributed by atoms with E-state index in [0.29, 0.717) is 31.1 Å². The van der Waals surface area contributed by atoms with Gasteiger partial charge in [0, 0.05) is 29.8 Å². The highest BCUT2D eigenvalue weighted by Gasteiger charge is 2.17. The number of para-hydroxylation sites is 1. The zero-order chi connectivity index (χ0) is 20.9. The fourth-order valence-corrected chi connectivity index (χ4v) is 3.03. The van der Waals surface area contributed by atoms with Gasteiger partial charge in [0.2, 0.25) is 11.8 Å². The van der Waals surface area contributed by atoms with Crippen LogP contribution in [0.4, 0.5) is 5.69 Å². The molecule has 0 saturated carbocycles. The van der Waals surface area contributed by atoms with Crippen LogP contribution in [0.5, 0.6) is 5.75 Å². The predicted octanol–water partition coefficient (Wildman–Crippen LogP) is 4.15. The third-order valence-electron chi connectivity index (χ3n) is 4.50. The average molecular weight is 406 g/mol. The van der Waals surface area contributed by atoms with Gasteiger partial charge in [-0.15, -0.1) is 10.2 Å². The lowest BCUT2D eigenvalue weighted by Gasteiger charge is -2.20. The van der Waals surface area contributed by atoms with Crippen molar-refractivity contribution in [3.63, 3.8) is 0 Å². The van der Waals surface area contributed by atoms with Crippen LogP contribution in [-0.2, 0) is 19.6 Å². The molecule has 9 nitrogen and oxygen atoms in total. The van der Waals surface area contributed by atoms with Crippen molar-refractivity contribution in [1.82, 2.24) is 15.1 Å². The van der Waals surface area contributed by atoms with E-state index >= 15 is 0 Å². The Kier molecular flexibility index (Phi) is 5.53. The molecule has 0 fully saturated rings. The smallest absolute Gasteiger partial charge is 0.269 e. The maximum atomic E-state index is 10.8. The highest BCUT2D eigenvalue weighted by Crippen LogP contribution is 2.24. The quantitative estimate of drug-likeness (QED) is 0.342. The van der Waals surface area contributed by atoms with E-state index in [2.05, 4.69) is 10.2 Å². The van der Waals surface area contributed by atoms with Gasteiger partial charge in [-0.05, 0) is 30.3 Å². The topological polar surface area (TPSA) is 119 Å². The fourth-order valence-electron chi connectivity index (χ4n) is 3.03. The van der Waals surface area contributed by atoms with E-state index in [-0.39, 0.29) is 17.3 Å². The Balaban J connectivity index is 1.52. The van der Waals surface area contributed by atoms with Crippen molar-refractivity contribution >= 4 is 5.69 Å². The zero-order valence-corrected chi connectivity index (χ0v) is 15.8. The molecule has 0 bridgehead atoms. The maximum Gasteiger partial charge on any atom is 0.269 e. The summed E-state index contributed by atoms with van der Waals surface area (Å²) in [5, 5.41) is 29.1. The lowest BCUT2D eigenvalue weighted by Crippen LogP contribution is -2.22. The maximum absolute atomic E-state index is 10.8. The molecule has 0 unspecified atom stereocenters. The largest absolute Gasteiger partial charge is 0.508 e. The molecular weight excluding hydrogens is 388 g/mol. The molecule has 2 heterocycles. The van der Waals surface area contributed by atoms with Crippen molar-refractivity contribution in [2.45, 2.75) is 19.6 Å². The van der Waals surface area contributed by atoms with Gasteiger partial charge in [0.1, 0.15) is 11.5 Å². The predicted molar refractivity (Wildman–Crippen MR) is 106 cm³/mol. The average Bonchev–Trinajstić information content (AvgIpc) is 3.42. The Morgan fingerprint density at radius 3 is 2.47 bits per heavy atom. The lowest BCUT2D eigenvalue weighted by atomic mass is 10.2. The molecule has 9 heteroatoms. The molecule has 30 heavy (non-hydrogen) atoms. The van der Waals surface area contributed by atoms with Crippen molar-refractivity contribution < 1.29 is 18.9 Å². The molecular formula is C21H18N4O5. The molecule has 152 valence electrons. The van der Waals surface area contributed by atoms with E-state index in [9.17, 15) is 15.2 Å². The molecule has 0 amide bonds.